The second-order valence-corrected chi connectivity index (χ2v) is 22.3. The Labute approximate surface area is 368 Å². The van der Waals surface area contributed by atoms with Crippen LogP contribution >= 0.6 is 0 Å². The maximum atomic E-state index is 2.85. The molecule has 0 bridgehead atoms. The fourth-order valence-corrected chi connectivity index (χ4v) is 12.9. The van der Waals surface area contributed by atoms with Crippen molar-refractivity contribution in [3.8, 4) is 0 Å². The molecule has 2 fully saturated rings. The van der Waals surface area contributed by atoms with E-state index in [4.69, 9.17) is 0 Å². The molecule has 11 rings (SSSR count). The average molecular weight is 805 g/mol. The lowest BCUT2D eigenvalue weighted by molar-refractivity contribution is 0.444. The molecule has 2 aliphatic heterocycles. The monoisotopic (exact) mass is 805 g/mol. The highest BCUT2D eigenvalue weighted by Gasteiger charge is 2.45. The second kappa shape index (κ2) is 15.2. The highest BCUT2D eigenvalue weighted by Crippen LogP contribution is 2.50. The molecule has 0 N–H and O–H groups in total. The summed E-state index contributed by atoms with van der Waals surface area (Å²) >= 11 is 0. The summed E-state index contributed by atoms with van der Waals surface area (Å²) in [4.78, 5) is 5.56. The zero-order chi connectivity index (χ0) is 41.6. The van der Waals surface area contributed by atoms with Gasteiger partial charge in [0.1, 0.15) is 0 Å². The fraction of sp³-hybridized carbons (Fsp3) is 0.483. The van der Waals surface area contributed by atoms with Gasteiger partial charge in [0, 0.05) is 28.4 Å². The van der Waals surface area contributed by atoms with Crippen LogP contribution in [0.2, 0.25) is 0 Å². The summed E-state index contributed by atoms with van der Waals surface area (Å²) in [5.74, 6) is 1.31. The van der Waals surface area contributed by atoms with Crippen molar-refractivity contribution >= 4 is 57.2 Å². The van der Waals surface area contributed by atoms with E-state index in [9.17, 15) is 0 Å². The number of rotatable bonds is 4. The molecule has 0 unspecified atom stereocenters. The van der Waals surface area contributed by atoms with Crippen molar-refractivity contribution < 1.29 is 0 Å². The predicted octanol–water partition coefficient (Wildman–Crippen LogP) is 14.2. The van der Waals surface area contributed by atoms with Crippen molar-refractivity contribution in [2.45, 2.75) is 180 Å². The van der Waals surface area contributed by atoms with E-state index < -0.39 is 0 Å². The third-order valence-electron chi connectivity index (χ3n) is 16.3. The molecule has 6 aliphatic rings. The maximum absolute atomic E-state index is 2.85. The minimum absolute atomic E-state index is 0.0227. The van der Waals surface area contributed by atoms with Crippen molar-refractivity contribution in [1.29, 1.82) is 0 Å². The normalized spacial score (nSPS) is 19.2. The number of anilines is 6. The Morgan fingerprint density at radius 2 is 0.934 bits per heavy atom. The van der Waals surface area contributed by atoms with Crippen molar-refractivity contribution in [1.82, 2.24) is 0 Å². The summed E-state index contributed by atoms with van der Waals surface area (Å²) in [6.45, 7) is 14.5. The predicted molar refractivity (Wildman–Crippen MR) is 263 cm³/mol. The smallest absolute Gasteiger partial charge is 0.252 e. The first kappa shape index (κ1) is 39.6. The van der Waals surface area contributed by atoms with Gasteiger partial charge in [-0.25, -0.2) is 0 Å². The number of aryl methyl sites for hydroxylation is 2. The molecular weight excluding hydrogens is 735 g/mol. The number of nitrogens with zero attached hydrogens (tertiary/aromatic N) is 2. The van der Waals surface area contributed by atoms with Gasteiger partial charge in [-0.15, -0.1) is 0 Å². The maximum Gasteiger partial charge on any atom is 0.252 e. The number of benzene rings is 5. The van der Waals surface area contributed by atoms with Crippen molar-refractivity contribution in [3.05, 3.63) is 123 Å². The first-order valence-corrected chi connectivity index (χ1v) is 24.9. The molecular formula is C58H69BN2. The van der Waals surface area contributed by atoms with E-state index in [1.165, 1.54) is 166 Å². The first-order chi connectivity index (χ1) is 29.5. The van der Waals surface area contributed by atoms with Crippen LogP contribution in [0.25, 0.3) is 0 Å². The van der Waals surface area contributed by atoms with Gasteiger partial charge in [0.05, 0.1) is 5.69 Å². The molecule has 314 valence electrons. The van der Waals surface area contributed by atoms with Crippen molar-refractivity contribution in [3.63, 3.8) is 0 Å². The molecule has 2 saturated carbocycles. The minimum atomic E-state index is 0.0227. The minimum Gasteiger partial charge on any atom is -0.311 e. The molecule has 0 spiro atoms. The van der Waals surface area contributed by atoms with Crippen LogP contribution in [0.5, 0.6) is 0 Å². The highest BCUT2D eigenvalue weighted by molar-refractivity contribution is 7.00. The van der Waals surface area contributed by atoms with Crippen molar-refractivity contribution in [2.24, 2.45) is 0 Å². The van der Waals surface area contributed by atoms with Gasteiger partial charge < -0.3 is 9.80 Å². The summed E-state index contributed by atoms with van der Waals surface area (Å²) in [5.41, 5.74) is 25.6. The van der Waals surface area contributed by atoms with Crippen LogP contribution in [0.1, 0.15) is 188 Å². The summed E-state index contributed by atoms with van der Waals surface area (Å²) in [6, 6.07) is 33.3. The van der Waals surface area contributed by atoms with E-state index in [2.05, 4.69) is 130 Å². The van der Waals surface area contributed by atoms with Gasteiger partial charge in [-0.2, -0.15) is 0 Å². The van der Waals surface area contributed by atoms with Crippen LogP contribution in [0, 0.1) is 0 Å². The van der Waals surface area contributed by atoms with Gasteiger partial charge in [0.2, 0.25) is 0 Å². The fourth-order valence-electron chi connectivity index (χ4n) is 12.9. The molecule has 0 amide bonds. The van der Waals surface area contributed by atoms with E-state index in [1.807, 2.05) is 0 Å². The summed E-state index contributed by atoms with van der Waals surface area (Å²) in [7, 11) is 0. The van der Waals surface area contributed by atoms with Crippen LogP contribution in [-0.2, 0) is 36.5 Å². The van der Waals surface area contributed by atoms with Gasteiger partial charge in [-0.1, -0.05) is 123 Å². The topological polar surface area (TPSA) is 6.48 Å². The SMILES string of the molecule is CC(C)(C)c1cc(N2c3ccc(C4CCCCC4)cc3B3c4cc(C5CCCCC5)ccc4N(c4c5c(cc6c4CCCC6)CCCC5)c4cccc2c43)cc(C(C)(C)C)c1. The van der Waals surface area contributed by atoms with Gasteiger partial charge in [-0.05, 0) is 197 Å². The van der Waals surface area contributed by atoms with Crippen LogP contribution in [0.4, 0.5) is 34.1 Å². The third kappa shape index (κ3) is 6.82. The lowest BCUT2D eigenvalue weighted by Crippen LogP contribution is -2.61. The lowest BCUT2D eigenvalue weighted by atomic mass is 9.33. The van der Waals surface area contributed by atoms with Gasteiger partial charge in [-0.3, -0.25) is 0 Å². The van der Waals surface area contributed by atoms with Gasteiger partial charge >= 0.3 is 0 Å². The van der Waals surface area contributed by atoms with E-state index in [1.54, 1.807) is 44.5 Å². The zero-order valence-corrected chi connectivity index (χ0v) is 38.4. The molecule has 4 aliphatic carbocycles. The Hall–Kier alpha value is -4.24. The molecule has 3 heteroatoms. The van der Waals surface area contributed by atoms with E-state index >= 15 is 0 Å². The van der Waals surface area contributed by atoms with Crippen LogP contribution in [0.3, 0.4) is 0 Å². The molecule has 61 heavy (non-hydrogen) atoms. The Balaban J connectivity index is 1.22. The Bertz CT molecular complexity index is 2430. The molecule has 5 aromatic carbocycles. The number of hydrogen-bond donors (Lipinski definition) is 0. The first-order valence-electron chi connectivity index (χ1n) is 24.9. The molecule has 2 nitrogen and oxygen atoms in total. The second-order valence-electron chi connectivity index (χ2n) is 22.3. The van der Waals surface area contributed by atoms with Crippen LogP contribution in [0.15, 0.2) is 78.9 Å². The molecule has 2 heterocycles. The molecule has 5 aromatic rings. The van der Waals surface area contributed by atoms with E-state index in [0.29, 0.717) is 11.8 Å². The summed E-state index contributed by atoms with van der Waals surface area (Å²) in [6.07, 6.45) is 23.5. The average Bonchev–Trinajstić information content (AvgIpc) is 3.28. The zero-order valence-electron chi connectivity index (χ0n) is 38.4. The quantitative estimate of drug-likeness (QED) is 0.164. The molecule has 0 saturated heterocycles. The number of fused-ring (bicyclic) bond motifs is 6. The lowest BCUT2D eigenvalue weighted by Gasteiger charge is -2.46. The van der Waals surface area contributed by atoms with Crippen LogP contribution in [-0.4, -0.2) is 6.71 Å². The standard InChI is InChI=1S/C58H69BN2/c1-57(2,3)44-35-45(58(4,5)6)37-46(36-44)60-51-30-28-40(38-18-9-7-10-19-38)33-49(51)59-50-34-41(39-20-11-8-12-21-39)29-31-52(50)61(54-27-17-26-53(60)55(54)59)56-47-24-15-13-22-42(47)32-43-23-14-16-25-48(43)56/h17,26-39H,7-16,18-25H2,1-6H3. The van der Waals surface area contributed by atoms with E-state index in [0.717, 1.165) is 0 Å². The van der Waals surface area contributed by atoms with E-state index in [-0.39, 0.29) is 17.5 Å². The Morgan fingerprint density at radius 1 is 0.459 bits per heavy atom. The summed E-state index contributed by atoms with van der Waals surface area (Å²) in [5, 5.41) is 0. The third-order valence-corrected chi connectivity index (χ3v) is 16.3. The van der Waals surface area contributed by atoms with Gasteiger partial charge in [0.25, 0.3) is 6.71 Å². The highest BCUT2D eigenvalue weighted by atomic mass is 15.2. The van der Waals surface area contributed by atoms with Crippen molar-refractivity contribution in [2.75, 3.05) is 9.80 Å². The van der Waals surface area contributed by atoms with Gasteiger partial charge in [0.15, 0.2) is 0 Å². The molecule has 0 atom stereocenters. The molecule has 0 radical (unpaired) electrons. The largest absolute Gasteiger partial charge is 0.311 e. The summed E-state index contributed by atoms with van der Waals surface area (Å²) < 4.78 is 0. The Morgan fingerprint density at radius 3 is 1.44 bits per heavy atom. The number of hydrogen-bond acceptors (Lipinski definition) is 2. The Kier molecular flexibility index (Phi) is 9.89. The van der Waals surface area contributed by atoms with Crippen LogP contribution < -0.4 is 26.2 Å². The molecule has 0 aromatic heterocycles.